The van der Waals surface area contributed by atoms with Gasteiger partial charge in [-0.05, 0) is 39.7 Å². The molecule has 5 nitrogen and oxygen atoms in total. The van der Waals surface area contributed by atoms with Gasteiger partial charge >= 0.3 is 0 Å². The Bertz CT molecular complexity index is 662. The Morgan fingerprint density at radius 1 is 1.10 bits per heavy atom. The predicted octanol–water partition coefficient (Wildman–Crippen LogP) is 3.04. The van der Waals surface area contributed by atoms with Gasteiger partial charge in [0.05, 0.1) is 0 Å². The number of nitrogens with zero attached hydrogens (tertiary/aromatic N) is 4. The van der Waals surface area contributed by atoms with Crippen LogP contribution in [-0.4, -0.2) is 19.5 Å². The monoisotopic (exact) mass is 329 g/mol. The van der Waals surface area contributed by atoms with Crippen LogP contribution in [0, 0.1) is 0 Å². The van der Waals surface area contributed by atoms with E-state index in [1.54, 1.807) is 18.7 Å². The summed E-state index contributed by atoms with van der Waals surface area (Å²) in [6, 6.07) is 7.88. The van der Waals surface area contributed by atoms with E-state index in [1.165, 1.54) is 0 Å². The molecule has 3 aromatic rings. The van der Waals surface area contributed by atoms with Gasteiger partial charge in [0.2, 0.25) is 0 Å². The predicted molar refractivity (Wildman–Crippen MR) is 80.6 cm³/mol. The van der Waals surface area contributed by atoms with Gasteiger partial charge in [-0.15, -0.1) is 0 Å². The number of imidazole rings is 1. The van der Waals surface area contributed by atoms with Gasteiger partial charge in [0, 0.05) is 35.8 Å². The van der Waals surface area contributed by atoms with Crippen LogP contribution in [0.3, 0.4) is 0 Å². The highest BCUT2D eigenvalue weighted by molar-refractivity contribution is 9.10. The average molecular weight is 330 g/mol. The van der Waals surface area contributed by atoms with Crippen LogP contribution in [0.25, 0.3) is 5.82 Å². The molecule has 0 saturated carbocycles. The van der Waals surface area contributed by atoms with E-state index in [0.717, 1.165) is 21.7 Å². The smallest absolute Gasteiger partial charge is 0.137 e. The minimum absolute atomic E-state index is 0.686. The van der Waals surface area contributed by atoms with Gasteiger partial charge in [-0.25, -0.2) is 15.0 Å². The SMILES string of the molecule is Brc1ccc(NCc2ccc(-n3ccnc3)nc2)nc1. The maximum Gasteiger partial charge on any atom is 0.137 e. The molecule has 0 aliphatic heterocycles. The second-order valence-corrected chi connectivity index (χ2v) is 5.13. The fraction of sp³-hybridized carbons (Fsp3) is 0.0714. The largest absolute Gasteiger partial charge is 0.366 e. The van der Waals surface area contributed by atoms with Gasteiger partial charge in [-0.2, -0.15) is 0 Å². The second kappa shape index (κ2) is 5.83. The number of halogens is 1. The third-order valence-electron chi connectivity index (χ3n) is 2.78. The van der Waals surface area contributed by atoms with Crippen LogP contribution in [0.4, 0.5) is 5.82 Å². The Morgan fingerprint density at radius 2 is 2.05 bits per heavy atom. The first kappa shape index (κ1) is 12.8. The third kappa shape index (κ3) is 3.03. The van der Waals surface area contributed by atoms with Crippen molar-refractivity contribution in [3.8, 4) is 5.82 Å². The van der Waals surface area contributed by atoms with E-state index in [4.69, 9.17) is 0 Å². The number of hydrogen-bond donors (Lipinski definition) is 1. The maximum atomic E-state index is 4.40. The van der Waals surface area contributed by atoms with Crippen molar-refractivity contribution in [1.29, 1.82) is 0 Å². The summed E-state index contributed by atoms with van der Waals surface area (Å²) >= 11 is 3.36. The molecule has 0 aliphatic rings. The first-order valence-corrected chi connectivity index (χ1v) is 6.89. The molecular weight excluding hydrogens is 318 g/mol. The lowest BCUT2D eigenvalue weighted by Gasteiger charge is -2.06. The summed E-state index contributed by atoms with van der Waals surface area (Å²) in [6.07, 6.45) is 8.94. The van der Waals surface area contributed by atoms with Gasteiger partial charge < -0.3 is 5.32 Å². The van der Waals surface area contributed by atoms with Gasteiger partial charge in [-0.3, -0.25) is 4.57 Å². The molecule has 0 bridgehead atoms. The van der Waals surface area contributed by atoms with E-state index in [2.05, 4.69) is 36.2 Å². The Morgan fingerprint density at radius 3 is 2.70 bits per heavy atom. The van der Waals surface area contributed by atoms with Crippen molar-refractivity contribution < 1.29 is 0 Å². The van der Waals surface area contributed by atoms with Gasteiger partial charge in [0.1, 0.15) is 18.0 Å². The minimum atomic E-state index is 0.686. The molecule has 0 aliphatic carbocycles. The van der Waals surface area contributed by atoms with Gasteiger partial charge in [0.25, 0.3) is 0 Å². The summed E-state index contributed by atoms with van der Waals surface area (Å²) in [5.41, 5.74) is 1.10. The summed E-state index contributed by atoms with van der Waals surface area (Å²) in [5, 5.41) is 3.25. The van der Waals surface area contributed by atoms with Crippen LogP contribution in [0.2, 0.25) is 0 Å². The molecule has 0 saturated heterocycles. The minimum Gasteiger partial charge on any atom is -0.366 e. The summed E-state index contributed by atoms with van der Waals surface area (Å²) in [5.74, 6) is 1.69. The lowest BCUT2D eigenvalue weighted by atomic mass is 10.3. The molecule has 20 heavy (non-hydrogen) atoms. The summed E-state index contributed by atoms with van der Waals surface area (Å²) in [4.78, 5) is 12.7. The molecule has 0 radical (unpaired) electrons. The van der Waals surface area contributed by atoms with Crippen LogP contribution in [0.15, 0.2) is 59.9 Å². The van der Waals surface area contributed by atoms with Crippen LogP contribution in [0.5, 0.6) is 0 Å². The Balaban J connectivity index is 1.65. The van der Waals surface area contributed by atoms with Crippen LogP contribution in [-0.2, 0) is 6.54 Å². The molecule has 3 heterocycles. The fourth-order valence-electron chi connectivity index (χ4n) is 1.74. The van der Waals surface area contributed by atoms with Crippen molar-refractivity contribution in [3.05, 3.63) is 65.4 Å². The average Bonchev–Trinajstić information content (AvgIpc) is 3.01. The second-order valence-electron chi connectivity index (χ2n) is 4.21. The topological polar surface area (TPSA) is 55.6 Å². The highest BCUT2D eigenvalue weighted by atomic mass is 79.9. The van der Waals surface area contributed by atoms with Crippen molar-refractivity contribution in [3.63, 3.8) is 0 Å². The van der Waals surface area contributed by atoms with Crippen molar-refractivity contribution in [2.45, 2.75) is 6.54 Å². The molecular formula is C14H12BrN5. The third-order valence-corrected chi connectivity index (χ3v) is 3.25. The van der Waals surface area contributed by atoms with Gasteiger partial charge in [-0.1, -0.05) is 6.07 Å². The molecule has 3 rings (SSSR count). The van der Waals surface area contributed by atoms with E-state index in [-0.39, 0.29) is 0 Å². The highest BCUT2D eigenvalue weighted by Crippen LogP contribution is 2.12. The lowest BCUT2D eigenvalue weighted by Crippen LogP contribution is -2.02. The zero-order chi connectivity index (χ0) is 13.8. The summed E-state index contributed by atoms with van der Waals surface area (Å²) in [6.45, 7) is 0.686. The lowest BCUT2D eigenvalue weighted by molar-refractivity contribution is 0.977. The quantitative estimate of drug-likeness (QED) is 0.799. The van der Waals surface area contributed by atoms with Crippen molar-refractivity contribution >= 4 is 21.7 Å². The molecule has 0 atom stereocenters. The number of anilines is 1. The molecule has 3 aromatic heterocycles. The maximum absolute atomic E-state index is 4.40. The van der Waals surface area contributed by atoms with E-state index < -0.39 is 0 Å². The molecule has 0 aromatic carbocycles. The Hall–Kier alpha value is -2.21. The van der Waals surface area contributed by atoms with Crippen molar-refractivity contribution in [1.82, 2.24) is 19.5 Å². The molecule has 0 amide bonds. The molecule has 0 unspecified atom stereocenters. The first-order chi connectivity index (χ1) is 9.81. The Labute approximate surface area is 124 Å². The van der Waals surface area contributed by atoms with E-state index in [1.807, 2.05) is 41.2 Å². The standard InChI is InChI=1S/C14H12BrN5/c15-12-2-3-13(18-9-12)17-7-11-1-4-14(19-8-11)20-6-5-16-10-20/h1-6,8-10H,7H2,(H,17,18). The summed E-state index contributed by atoms with van der Waals surface area (Å²) in [7, 11) is 0. The molecule has 1 N–H and O–H groups in total. The van der Waals surface area contributed by atoms with Crippen LogP contribution < -0.4 is 5.32 Å². The zero-order valence-electron chi connectivity index (χ0n) is 10.6. The fourth-order valence-corrected chi connectivity index (χ4v) is 1.98. The van der Waals surface area contributed by atoms with E-state index in [0.29, 0.717) is 6.54 Å². The number of pyridine rings is 2. The number of rotatable bonds is 4. The van der Waals surface area contributed by atoms with E-state index in [9.17, 15) is 0 Å². The van der Waals surface area contributed by atoms with Crippen LogP contribution >= 0.6 is 15.9 Å². The highest BCUT2D eigenvalue weighted by Gasteiger charge is 1.99. The van der Waals surface area contributed by atoms with Gasteiger partial charge in [0.15, 0.2) is 0 Å². The normalized spacial score (nSPS) is 10.4. The first-order valence-electron chi connectivity index (χ1n) is 6.10. The van der Waals surface area contributed by atoms with E-state index >= 15 is 0 Å². The zero-order valence-corrected chi connectivity index (χ0v) is 12.2. The molecule has 100 valence electrons. The van der Waals surface area contributed by atoms with Crippen molar-refractivity contribution in [2.24, 2.45) is 0 Å². The molecule has 0 spiro atoms. The number of hydrogen-bond acceptors (Lipinski definition) is 4. The number of aromatic nitrogens is 4. The molecule has 0 fully saturated rings. The molecule has 6 heteroatoms. The number of nitrogens with one attached hydrogen (secondary N) is 1. The summed E-state index contributed by atoms with van der Waals surface area (Å²) < 4.78 is 2.84. The van der Waals surface area contributed by atoms with Crippen LogP contribution in [0.1, 0.15) is 5.56 Å². The van der Waals surface area contributed by atoms with Crippen molar-refractivity contribution in [2.75, 3.05) is 5.32 Å². The Kier molecular flexibility index (Phi) is 3.73.